The second kappa shape index (κ2) is 5.10. The number of hydrogen-bond donors (Lipinski definition) is 0. The molecule has 1 fully saturated rings. The normalized spacial score (nSPS) is 15.6. The van der Waals surface area contributed by atoms with E-state index in [0.717, 1.165) is 21.9 Å². The van der Waals surface area contributed by atoms with E-state index >= 15 is 0 Å². The van der Waals surface area contributed by atoms with Gasteiger partial charge in [-0.2, -0.15) is 0 Å². The molecule has 3 heterocycles. The largest absolute Gasteiger partial charge is 0.433 e. The SMILES string of the molecule is Cc1ccc2cc3cc(C(=O)N4CCOCC4)oc3nc2c1. The Hall–Kier alpha value is -2.40. The first kappa shape index (κ1) is 13.3. The number of aromatic nitrogens is 1. The maximum atomic E-state index is 12.5. The predicted octanol–water partition coefficient (Wildman–Crippen LogP) is 2.76. The summed E-state index contributed by atoms with van der Waals surface area (Å²) in [5.41, 5.74) is 2.54. The summed E-state index contributed by atoms with van der Waals surface area (Å²) < 4.78 is 11.0. The van der Waals surface area contributed by atoms with Gasteiger partial charge in [0, 0.05) is 23.9 Å². The first-order valence-corrected chi connectivity index (χ1v) is 7.39. The lowest BCUT2D eigenvalue weighted by Gasteiger charge is -2.25. The Morgan fingerprint density at radius 2 is 1.95 bits per heavy atom. The maximum Gasteiger partial charge on any atom is 0.289 e. The number of carbonyl (C=O) groups excluding carboxylic acids is 1. The third kappa shape index (κ3) is 2.23. The Balaban J connectivity index is 1.76. The minimum atomic E-state index is -0.0958. The van der Waals surface area contributed by atoms with Crippen LogP contribution in [0.1, 0.15) is 16.1 Å². The van der Waals surface area contributed by atoms with Crippen LogP contribution in [0.3, 0.4) is 0 Å². The van der Waals surface area contributed by atoms with Crippen molar-refractivity contribution < 1.29 is 13.9 Å². The molecule has 0 aliphatic carbocycles. The quantitative estimate of drug-likeness (QED) is 0.693. The summed E-state index contributed by atoms with van der Waals surface area (Å²) in [7, 11) is 0. The molecule has 1 aromatic carbocycles. The molecule has 1 amide bonds. The van der Waals surface area contributed by atoms with Gasteiger partial charge in [0.25, 0.3) is 5.91 Å². The number of amides is 1. The Morgan fingerprint density at radius 3 is 2.77 bits per heavy atom. The van der Waals surface area contributed by atoms with Crippen molar-refractivity contribution in [3.05, 3.63) is 41.7 Å². The first-order valence-electron chi connectivity index (χ1n) is 7.39. The van der Waals surface area contributed by atoms with Gasteiger partial charge in [-0.15, -0.1) is 0 Å². The van der Waals surface area contributed by atoms with Crippen molar-refractivity contribution in [2.45, 2.75) is 6.92 Å². The Bertz CT molecular complexity index is 863. The average molecular weight is 296 g/mol. The van der Waals surface area contributed by atoms with Gasteiger partial charge in [0.1, 0.15) is 0 Å². The molecule has 22 heavy (non-hydrogen) atoms. The summed E-state index contributed by atoms with van der Waals surface area (Å²) in [6.45, 7) is 4.39. The lowest BCUT2D eigenvalue weighted by atomic mass is 10.1. The van der Waals surface area contributed by atoms with E-state index in [-0.39, 0.29) is 5.91 Å². The second-order valence-electron chi connectivity index (χ2n) is 5.59. The van der Waals surface area contributed by atoms with E-state index in [2.05, 4.69) is 11.1 Å². The zero-order valence-corrected chi connectivity index (χ0v) is 12.3. The van der Waals surface area contributed by atoms with E-state index in [1.807, 2.05) is 25.1 Å². The van der Waals surface area contributed by atoms with E-state index in [4.69, 9.17) is 9.15 Å². The van der Waals surface area contributed by atoms with Gasteiger partial charge < -0.3 is 14.1 Å². The highest BCUT2D eigenvalue weighted by Gasteiger charge is 2.22. The molecule has 112 valence electrons. The topological polar surface area (TPSA) is 55.6 Å². The number of morpholine rings is 1. The summed E-state index contributed by atoms with van der Waals surface area (Å²) in [4.78, 5) is 18.7. The van der Waals surface area contributed by atoms with Crippen molar-refractivity contribution in [1.82, 2.24) is 9.88 Å². The molecular weight excluding hydrogens is 280 g/mol. The van der Waals surface area contributed by atoms with Gasteiger partial charge >= 0.3 is 0 Å². The summed E-state index contributed by atoms with van der Waals surface area (Å²) in [5.74, 6) is 0.248. The summed E-state index contributed by atoms with van der Waals surface area (Å²) in [6, 6.07) is 9.89. The van der Waals surface area contributed by atoms with Gasteiger partial charge in [-0.25, -0.2) is 4.98 Å². The maximum absolute atomic E-state index is 12.5. The molecule has 0 atom stereocenters. The second-order valence-corrected chi connectivity index (χ2v) is 5.59. The zero-order valence-electron chi connectivity index (χ0n) is 12.3. The van der Waals surface area contributed by atoms with Gasteiger partial charge in [-0.05, 0) is 30.7 Å². The van der Waals surface area contributed by atoms with Crippen molar-refractivity contribution in [2.24, 2.45) is 0 Å². The molecule has 1 saturated heterocycles. The van der Waals surface area contributed by atoms with Crippen LogP contribution in [-0.4, -0.2) is 42.1 Å². The number of hydrogen-bond acceptors (Lipinski definition) is 4. The molecule has 0 unspecified atom stereocenters. The van der Waals surface area contributed by atoms with E-state index in [1.165, 1.54) is 0 Å². The highest BCUT2D eigenvalue weighted by Crippen LogP contribution is 2.24. The van der Waals surface area contributed by atoms with Crippen molar-refractivity contribution >= 4 is 27.9 Å². The molecule has 4 rings (SSSR count). The number of furan rings is 1. The summed E-state index contributed by atoms with van der Waals surface area (Å²) in [5, 5.41) is 1.90. The number of ether oxygens (including phenoxy) is 1. The van der Waals surface area contributed by atoms with Gasteiger partial charge in [-0.1, -0.05) is 12.1 Å². The third-order valence-electron chi connectivity index (χ3n) is 3.97. The molecule has 0 saturated carbocycles. The average Bonchev–Trinajstić information content (AvgIpc) is 2.95. The Kier molecular flexibility index (Phi) is 3.08. The first-order chi connectivity index (χ1) is 10.7. The van der Waals surface area contributed by atoms with Crippen LogP contribution in [0.25, 0.3) is 22.0 Å². The van der Waals surface area contributed by atoms with Gasteiger partial charge in [0.2, 0.25) is 5.71 Å². The third-order valence-corrected chi connectivity index (χ3v) is 3.97. The van der Waals surface area contributed by atoms with Crippen molar-refractivity contribution in [3.63, 3.8) is 0 Å². The lowest BCUT2D eigenvalue weighted by molar-refractivity contribution is 0.0284. The highest BCUT2D eigenvalue weighted by atomic mass is 16.5. The van der Waals surface area contributed by atoms with Crippen molar-refractivity contribution in [2.75, 3.05) is 26.3 Å². The minimum absolute atomic E-state index is 0.0958. The van der Waals surface area contributed by atoms with E-state index in [0.29, 0.717) is 37.8 Å². The number of benzene rings is 1. The number of rotatable bonds is 1. The molecule has 0 radical (unpaired) electrons. The van der Waals surface area contributed by atoms with Gasteiger partial charge in [0.15, 0.2) is 5.76 Å². The minimum Gasteiger partial charge on any atom is -0.433 e. The van der Waals surface area contributed by atoms with Crippen molar-refractivity contribution in [1.29, 1.82) is 0 Å². The fraction of sp³-hybridized carbons (Fsp3) is 0.294. The van der Waals surface area contributed by atoms with Crippen LogP contribution in [-0.2, 0) is 4.74 Å². The molecule has 0 N–H and O–H groups in total. The Morgan fingerprint density at radius 1 is 1.14 bits per heavy atom. The molecule has 5 nitrogen and oxygen atoms in total. The van der Waals surface area contributed by atoms with Crippen molar-refractivity contribution in [3.8, 4) is 0 Å². The monoisotopic (exact) mass is 296 g/mol. The molecule has 0 bridgehead atoms. The van der Waals surface area contributed by atoms with Crippen LogP contribution < -0.4 is 0 Å². The lowest BCUT2D eigenvalue weighted by Crippen LogP contribution is -2.40. The predicted molar refractivity (Wildman–Crippen MR) is 83.0 cm³/mol. The fourth-order valence-electron chi connectivity index (χ4n) is 2.76. The fourth-order valence-corrected chi connectivity index (χ4v) is 2.76. The zero-order chi connectivity index (χ0) is 15.1. The van der Waals surface area contributed by atoms with Crippen LogP contribution in [0.4, 0.5) is 0 Å². The molecule has 1 aliphatic rings. The molecule has 1 aliphatic heterocycles. The van der Waals surface area contributed by atoms with E-state index in [9.17, 15) is 4.79 Å². The molecule has 3 aromatic rings. The highest BCUT2D eigenvalue weighted by molar-refractivity contribution is 5.98. The molecule has 0 spiro atoms. The van der Waals surface area contributed by atoms with E-state index < -0.39 is 0 Å². The number of pyridine rings is 1. The number of fused-ring (bicyclic) bond motifs is 2. The molecular formula is C17H16N2O3. The van der Waals surface area contributed by atoms with Gasteiger partial charge in [-0.3, -0.25) is 4.79 Å². The van der Waals surface area contributed by atoms with Crippen LogP contribution >= 0.6 is 0 Å². The molecule has 2 aromatic heterocycles. The van der Waals surface area contributed by atoms with Crippen LogP contribution in [0.2, 0.25) is 0 Å². The van der Waals surface area contributed by atoms with Crippen LogP contribution in [0.15, 0.2) is 34.7 Å². The smallest absolute Gasteiger partial charge is 0.289 e. The number of carbonyl (C=O) groups is 1. The summed E-state index contributed by atoms with van der Waals surface area (Å²) in [6.07, 6.45) is 0. The number of aryl methyl sites for hydroxylation is 1. The number of nitrogens with zero attached hydrogens (tertiary/aromatic N) is 2. The molecule has 5 heteroatoms. The Labute approximate surface area is 127 Å². The standard InChI is InChI=1S/C17H16N2O3/c1-11-2-3-12-9-13-10-15(22-16(13)18-14(12)8-11)17(20)19-4-6-21-7-5-19/h2-3,8-10H,4-7H2,1H3. The van der Waals surface area contributed by atoms with E-state index in [1.54, 1.807) is 11.0 Å². The summed E-state index contributed by atoms with van der Waals surface area (Å²) >= 11 is 0. The van der Waals surface area contributed by atoms with Crippen LogP contribution in [0.5, 0.6) is 0 Å². The van der Waals surface area contributed by atoms with Gasteiger partial charge in [0.05, 0.1) is 18.7 Å². The van der Waals surface area contributed by atoms with Crippen LogP contribution in [0, 0.1) is 6.92 Å².